The van der Waals surface area contributed by atoms with Crippen molar-refractivity contribution in [1.29, 1.82) is 0 Å². The fourth-order valence-electron chi connectivity index (χ4n) is 3.03. The highest BCUT2D eigenvalue weighted by Gasteiger charge is 2.37. The van der Waals surface area contributed by atoms with Gasteiger partial charge in [-0.05, 0) is 44.6 Å². The topological polar surface area (TPSA) is 32.3 Å². The molecule has 1 aliphatic heterocycles. The van der Waals surface area contributed by atoms with Gasteiger partial charge in [-0.15, -0.1) is 0 Å². The molecule has 1 amide bonds. The van der Waals surface area contributed by atoms with Gasteiger partial charge in [0, 0.05) is 12.6 Å². The molecule has 1 saturated heterocycles. The van der Waals surface area contributed by atoms with Crippen molar-refractivity contribution in [2.75, 3.05) is 13.1 Å². The summed E-state index contributed by atoms with van der Waals surface area (Å²) >= 11 is 0. The van der Waals surface area contributed by atoms with Gasteiger partial charge in [-0.25, -0.2) is 0 Å². The summed E-state index contributed by atoms with van der Waals surface area (Å²) in [5.41, 5.74) is 0. The van der Waals surface area contributed by atoms with Crippen molar-refractivity contribution in [1.82, 2.24) is 10.2 Å². The number of nitrogens with one attached hydrogen (secondary N) is 1. The van der Waals surface area contributed by atoms with Gasteiger partial charge in [0.2, 0.25) is 5.91 Å². The summed E-state index contributed by atoms with van der Waals surface area (Å²) in [6, 6.07) is 0.645. The Morgan fingerprint density at radius 2 is 2.19 bits per heavy atom. The lowest BCUT2D eigenvalue weighted by Crippen LogP contribution is -2.42. The molecule has 16 heavy (non-hydrogen) atoms. The molecule has 0 aromatic rings. The molecular formula is C13H24N2O. The molecule has 1 N–H and O–H groups in total. The maximum atomic E-state index is 12.2. The Morgan fingerprint density at radius 1 is 1.38 bits per heavy atom. The van der Waals surface area contributed by atoms with Crippen LogP contribution >= 0.6 is 0 Å². The van der Waals surface area contributed by atoms with E-state index in [1.807, 2.05) is 0 Å². The number of hydrogen-bond acceptors (Lipinski definition) is 2. The molecule has 3 heteroatoms. The first kappa shape index (κ1) is 11.9. The molecule has 0 radical (unpaired) electrons. The standard InChI is InChI=1S/C13H24N2O/c1-3-7-14-12-6-8-15(13(12)16)11-5-4-10(2)9-11/h10-12,14H,3-9H2,1-2H3. The van der Waals surface area contributed by atoms with Crippen molar-refractivity contribution in [3.05, 3.63) is 0 Å². The lowest BCUT2D eigenvalue weighted by atomic mass is 10.1. The van der Waals surface area contributed by atoms with E-state index in [4.69, 9.17) is 0 Å². The Bertz CT molecular complexity index is 254. The zero-order valence-corrected chi connectivity index (χ0v) is 10.5. The van der Waals surface area contributed by atoms with E-state index in [1.165, 1.54) is 19.3 Å². The SMILES string of the molecule is CCCNC1CCN(C2CCC(C)C2)C1=O. The van der Waals surface area contributed by atoms with Gasteiger partial charge in [0.25, 0.3) is 0 Å². The van der Waals surface area contributed by atoms with E-state index in [0.717, 1.165) is 31.8 Å². The van der Waals surface area contributed by atoms with Crippen LogP contribution in [0.3, 0.4) is 0 Å². The van der Waals surface area contributed by atoms with Crippen LogP contribution in [0.2, 0.25) is 0 Å². The first-order valence-corrected chi connectivity index (χ1v) is 6.76. The van der Waals surface area contributed by atoms with Crippen LogP contribution in [0.4, 0.5) is 0 Å². The number of nitrogens with zero attached hydrogens (tertiary/aromatic N) is 1. The van der Waals surface area contributed by atoms with Gasteiger partial charge in [0.1, 0.15) is 0 Å². The summed E-state index contributed by atoms with van der Waals surface area (Å²) in [5, 5.41) is 3.35. The summed E-state index contributed by atoms with van der Waals surface area (Å²) in [6.45, 7) is 6.37. The van der Waals surface area contributed by atoms with Gasteiger partial charge >= 0.3 is 0 Å². The van der Waals surface area contributed by atoms with Crippen molar-refractivity contribution in [3.63, 3.8) is 0 Å². The molecular weight excluding hydrogens is 200 g/mol. The van der Waals surface area contributed by atoms with E-state index in [9.17, 15) is 4.79 Å². The molecule has 1 saturated carbocycles. The summed E-state index contributed by atoms with van der Waals surface area (Å²) < 4.78 is 0. The Hall–Kier alpha value is -0.570. The van der Waals surface area contributed by atoms with Crippen LogP contribution in [-0.4, -0.2) is 36.0 Å². The van der Waals surface area contributed by atoms with Crippen LogP contribution in [-0.2, 0) is 4.79 Å². The average molecular weight is 224 g/mol. The quantitative estimate of drug-likeness (QED) is 0.789. The number of likely N-dealkylation sites (tertiary alicyclic amines) is 1. The van der Waals surface area contributed by atoms with Crippen molar-refractivity contribution in [3.8, 4) is 0 Å². The smallest absolute Gasteiger partial charge is 0.240 e. The molecule has 3 atom stereocenters. The third-order valence-corrected chi connectivity index (χ3v) is 3.99. The minimum absolute atomic E-state index is 0.107. The van der Waals surface area contributed by atoms with Crippen LogP contribution < -0.4 is 5.32 Å². The normalized spacial score (nSPS) is 35.0. The van der Waals surface area contributed by atoms with Gasteiger partial charge in [0.05, 0.1) is 6.04 Å². The zero-order valence-electron chi connectivity index (χ0n) is 10.5. The summed E-state index contributed by atoms with van der Waals surface area (Å²) in [5.74, 6) is 1.16. The second-order valence-electron chi connectivity index (χ2n) is 5.40. The third-order valence-electron chi connectivity index (χ3n) is 3.99. The Morgan fingerprint density at radius 3 is 2.81 bits per heavy atom. The van der Waals surface area contributed by atoms with E-state index in [-0.39, 0.29) is 6.04 Å². The Kier molecular flexibility index (Phi) is 3.85. The van der Waals surface area contributed by atoms with Crippen molar-refractivity contribution < 1.29 is 4.79 Å². The van der Waals surface area contributed by atoms with Crippen LogP contribution in [0.1, 0.15) is 46.0 Å². The molecule has 0 bridgehead atoms. The largest absolute Gasteiger partial charge is 0.338 e. The fourth-order valence-corrected chi connectivity index (χ4v) is 3.03. The second kappa shape index (κ2) is 5.17. The maximum absolute atomic E-state index is 12.2. The van der Waals surface area contributed by atoms with Crippen LogP contribution in [0, 0.1) is 5.92 Å². The summed E-state index contributed by atoms with van der Waals surface area (Å²) in [4.78, 5) is 14.3. The van der Waals surface area contributed by atoms with Gasteiger partial charge in [-0.3, -0.25) is 4.79 Å². The van der Waals surface area contributed by atoms with E-state index in [2.05, 4.69) is 24.1 Å². The molecule has 1 aliphatic carbocycles. The first-order chi connectivity index (χ1) is 7.72. The highest BCUT2D eigenvalue weighted by atomic mass is 16.2. The maximum Gasteiger partial charge on any atom is 0.240 e. The predicted octanol–water partition coefficient (Wildman–Crippen LogP) is 1.78. The predicted molar refractivity (Wildman–Crippen MR) is 65.2 cm³/mol. The monoisotopic (exact) mass is 224 g/mol. The lowest BCUT2D eigenvalue weighted by molar-refractivity contribution is -0.131. The first-order valence-electron chi connectivity index (χ1n) is 6.76. The number of carbonyl (C=O) groups excluding carboxylic acids is 1. The van der Waals surface area contributed by atoms with Gasteiger partial charge in [-0.1, -0.05) is 13.8 Å². The molecule has 3 nitrogen and oxygen atoms in total. The number of carbonyl (C=O) groups is 1. The van der Waals surface area contributed by atoms with Crippen LogP contribution in [0.5, 0.6) is 0 Å². The number of amides is 1. The molecule has 0 spiro atoms. The molecule has 2 aliphatic rings. The van der Waals surface area contributed by atoms with Crippen molar-refractivity contribution in [2.45, 2.75) is 58.0 Å². The molecule has 2 fully saturated rings. The van der Waals surface area contributed by atoms with E-state index in [0.29, 0.717) is 11.9 Å². The lowest BCUT2D eigenvalue weighted by Gasteiger charge is -2.24. The Labute approximate surface area is 98.6 Å². The van der Waals surface area contributed by atoms with Crippen molar-refractivity contribution in [2.24, 2.45) is 5.92 Å². The van der Waals surface area contributed by atoms with Crippen molar-refractivity contribution >= 4 is 5.91 Å². The van der Waals surface area contributed by atoms with Gasteiger partial charge < -0.3 is 10.2 Å². The summed E-state index contributed by atoms with van der Waals surface area (Å²) in [6.07, 6.45) is 5.83. The van der Waals surface area contributed by atoms with Crippen LogP contribution in [0.15, 0.2) is 0 Å². The molecule has 0 aromatic carbocycles. The van der Waals surface area contributed by atoms with E-state index >= 15 is 0 Å². The van der Waals surface area contributed by atoms with E-state index in [1.54, 1.807) is 0 Å². The average Bonchev–Trinajstić information content (AvgIpc) is 2.83. The third kappa shape index (κ3) is 2.40. The molecule has 3 unspecified atom stereocenters. The number of rotatable bonds is 4. The second-order valence-corrected chi connectivity index (χ2v) is 5.40. The minimum Gasteiger partial charge on any atom is -0.338 e. The molecule has 1 heterocycles. The fraction of sp³-hybridized carbons (Fsp3) is 0.923. The van der Waals surface area contributed by atoms with Crippen LogP contribution in [0.25, 0.3) is 0 Å². The Balaban J connectivity index is 1.86. The highest BCUT2D eigenvalue weighted by Crippen LogP contribution is 2.31. The van der Waals surface area contributed by atoms with Gasteiger partial charge in [0.15, 0.2) is 0 Å². The highest BCUT2D eigenvalue weighted by molar-refractivity contribution is 5.84. The molecule has 92 valence electrons. The molecule has 2 rings (SSSR count). The number of hydrogen-bond donors (Lipinski definition) is 1. The molecule has 0 aromatic heterocycles. The zero-order chi connectivity index (χ0) is 11.5. The minimum atomic E-state index is 0.107. The summed E-state index contributed by atoms with van der Waals surface area (Å²) in [7, 11) is 0. The van der Waals surface area contributed by atoms with Gasteiger partial charge in [-0.2, -0.15) is 0 Å². The van der Waals surface area contributed by atoms with E-state index < -0.39 is 0 Å².